The molecule has 0 aliphatic heterocycles. The Kier molecular flexibility index (Phi) is 5.26. The van der Waals surface area contributed by atoms with Crippen LogP contribution in [0.4, 0.5) is 5.69 Å². The molecule has 1 aliphatic rings. The first kappa shape index (κ1) is 15.0. The Morgan fingerprint density at radius 1 is 1.00 bits per heavy atom. The van der Waals surface area contributed by atoms with Crippen LogP contribution in [0.2, 0.25) is 0 Å². The highest BCUT2D eigenvalue weighted by Crippen LogP contribution is 2.38. The van der Waals surface area contributed by atoms with E-state index in [0.29, 0.717) is 0 Å². The number of thioether (sulfide) groups is 1. The van der Waals surface area contributed by atoms with E-state index in [1.54, 1.807) is 0 Å². The van der Waals surface area contributed by atoms with Crippen LogP contribution in [0.3, 0.4) is 0 Å². The monoisotopic (exact) mass is 361 g/mol. The lowest BCUT2D eigenvalue weighted by atomic mass is 10.2. The molecule has 0 aromatic heterocycles. The average molecular weight is 362 g/mol. The molecule has 21 heavy (non-hydrogen) atoms. The maximum atomic E-state index is 3.61. The Balaban J connectivity index is 1.68. The number of hydrogen-bond acceptors (Lipinski definition) is 2. The molecule has 0 bridgehead atoms. The molecule has 0 amide bonds. The summed E-state index contributed by atoms with van der Waals surface area (Å²) in [5.74, 6) is 0. The van der Waals surface area contributed by atoms with E-state index in [0.717, 1.165) is 11.8 Å². The molecular weight excluding hydrogens is 342 g/mol. The van der Waals surface area contributed by atoms with Crippen LogP contribution in [-0.2, 0) is 6.54 Å². The van der Waals surface area contributed by atoms with Gasteiger partial charge in [-0.3, -0.25) is 0 Å². The molecule has 0 spiro atoms. The molecule has 1 nitrogen and oxygen atoms in total. The van der Waals surface area contributed by atoms with Gasteiger partial charge in [-0.1, -0.05) is 59.1 Å². The van der Waals surface area contributed by atoms with E-state index in [4.69, 9.17) is 0 Å². The first-order valence-electron chi connectivity index (χ1n) is 7.56. The van der Waals surface area contributed by atoms with Gasteiger partial charge in [-0.25, -0.2) is 0 Å². The molecule has 3 rings (SSSR count). The van der Waals surface area contributed by atoms with Gasteiger partial charge in [-0.05, 0) is 36.6 Å². The van der Waals surface area contributed by atoms with Gasteiger partial charge >= 0.3 is 0 Å². The highest BCUT2D eigenvalue weighted by Gasteiger charge is 2.17. The number of hydrogen-bond donors (Lipinski definition) is 1. The fraction of sp³-hybridized carbons (Fsp3) is 0.333. The molecule has 1 fully saturated rings. The summed E-state index contributed by atoms with van der Waals surface area (Å²) in [5, 5.41) is 4.40. The summed E-state index contributed by atoms with van der Waals surface area (Å²) in [6.45, 7) is 0.851. The maximum absolute atomic E-state index is 3.61. The van der Waals surface area contributed by atoms with Crippen molar-refractivity contribution in [2.75, 3.05) is 5.32 Å². The Morgan fingerprint density at radius 2 is 1.71 bits per heavy atom. The van der Waals surface area contributed by atoms with Crippen LogP contribution in [0.25, 0.3) is 0 Å². The minimum absolute atomic E-state index is 0.802. The molecule has 0 atom stereocenters. The molecule has 1 aliphatic carbocycles. The molecule has 0 unspecified atom stereocenters. The molecule has 2 aromatic rings. The lowest BCUT2D eigenvalue weighted by molar-refractivity contribution is 0.886. The molecule has 0 heterocycles. The van der Waals surface area contributed by atoms with Crippen molar-refractivity contribution in [1.82, 2.24) is 0 Å². The van der Waals surface area contributed by atoms with Gasteiger partial charge in [0.25, 0.3) is 0 Å². The smallest absolute Gasteiger partial charge is 0.0481 e. The van der Waals surface area contributed by atoms with Gasteiger partial charge in [0.15, 0.2) is 0 Å². The van der Waals surface area contributed by atoms with Crippen molar-refractivity contribution in [3.63, 3.8) is 0 Å². The Hall–Kier alpha value is -0.930. The molecule has 0 radical (unpaired) electrons. The minimum Gasteiger partial charge on any atom is -0.380 e. The third-order valence-electron chi connectivity index (χ3n) is 3.91. The first-order chi connectivity index (χ1) is 10.3. The highest BCUT2D eigenvalue weighted by molar-refractivity contribution is 9.10. The third-order valence-corrected chi connectivity index (χ3v) is 6.10. The number of nitrogens with one attached hydrogen (secondary N) is 1. The van der Waals surface area contributed by atoms with E-state index >= 15 is 0 Å². The summed E-state index contributed by atoms with van der Waals surface area (Å²) in [5.41, 5.74) is 2.54. The number of benzene rings is 2. The number of halogens is 1. The third kappa shape index (κ3) is 4.04. The standard InChI is InChI=1S/C18H20BrNS/c19-16-10-4-1-7-14(16)13-20-17-11-5-6-12-18(17)21-15-8-2-3-9-15/h1,4-7,10-12,15,20H,2-3,8-9,13H2. The van der Waals surface area contributed by atoms with Crippen LogP contribution in [0, 0.1) is 0 Å². The normalized spacial score (nSPS) is 15.3. The van der Waals surface area contributed by atoms with Gasteiger partial charge in [0.2, 0.25) is 0 Å². The van der Waals surface area contributed by atoms with E-state index in [9.17, 15) is 0 Å². The van der Waals surface area contributed by atoms with Crippen LogP contribution >= 0.6 is 27.7 Å². The Morgan fingerprint density at radius 3 is 2.52 bits per heavy atom. The first-order valence-corrected chi connectivity index (χ1v) is 9.23. The zero-order chi connectivity index (χ0) is 14.5. The van der Waals surface area contributed by atoms with Crippen molar-refractivity contribution in [2.24, 2.45) is 0 Å². The lowest BCUT2D eigenvalue weighted by Crippen LogP contribution is -2.02. The lowest BCUT2D eigenvalue weighted by Gasteiger charge is -2.15. The predicted molar refractivity (Wildman–Crippen MR) is 96.0 cm³/mol. The van der Waals surface area contributed by atoms with Gasteiger partial charge in [0, 0.05) is 26.9 Å². The fourth-order valence-electron chi connectivity index (χ4n) is 2.73. The van der Waals surface area contributed by atoms with Gasteiger partial charge in [0.1, 0.15) is 0 Å². The summed E-state index contributed by atoms with van der Waals surface area (Å²) in [7, 11) is 0. The van der Waals surface area contributed by atoms with Crippen molar-refractivity contribution >= 4 is 33.4 Å². The predicted octanol–water partition coefficient (Wildman–Crippen LogP) is 6.10. The Labute approximate surface area is 139 Å². The maximum Gasteiger partial charge on any atom is 0.0481 e. The van der Waals surface area contributed by atoms with Crippen LogP contribution in [0.15, 0.2) is 57.9 Å². The second-order valence-corrected chi connectivity index (χ2v) is 7.66. The summed E-state index contributed by atoms with van der Waals surface area (Å²) in [4.78, 5) is 1.39. The second-order valence-electron chi connectivity index (χ2n) is 5.47. The minimum atomic E-state index is 0.802. The SMILES string of the molecule is Brc1ccccc1CNc1ccccc1SC1CCCC1. The van der Waals surface area contributed by atoms with Crippen molar-refractivity contribution in [3.8, 4) is 0 Å². The van der Waals surface area contributed by atoms with Crippen LogP contribution in [0.1, 0.15) is 31.2 Å². The molecule has 2 aromatic carbocycles. The molecular formula is C18H20BrNS. The van der Waals surface area contributed by atoms with Crippen LogP contribution < -0.4 is 5.32 Å². The van der Waals surface area contributed by atoms with Crippen molar-refractivity contribution < 1.29 is 0 Å². The Bertz CT molecular complexity index is 593. The summed E-state index contributed by atoms with van der Waals surface area (Å²) in [6, 6.07) is 17.1. The zero-order valence-electron chi connectivity index (χ0n) is 12.0. The number of para-hydroxylation sites is 1. The largest absolute Gasteiger partial charge is 0.380 e. The quantitative estimate of drug-likeness (QED) is 0.690. The number of anilines is 1. The van der Waals surface area contributed by atoms with E-state index in [-0.39, 0.29) is 0 Å². The van der Waals surface area contributed by atoms with Crippen molar-refractivity contribution in [2.45, 2.75) is 42.4 Å². The zero-order valence-corrected chi connectivity index (χ0v) is 14.4. The summed E-state index contributed by atoms with van der Waals surface area (Å²) >= 11 is 5.66. The van der Waals surface area contributed by atoms with Gasteiger partial charge in [0.05, 0.1) is 0 Å². The average Bonchev–Trinajstić information content (AvgIpc) is 3.01. The highest BCUT2D eigenvalue weighted by atomic mass is 79.9. The van der Waals surface area contributed by atoms with Crippen LogP contribution in [-0.4, -0.2) is 5.25 Å². The topological polar surface area (TPSA) is 12.0 Å². The van der Waals surface area contributed by atoms with E-state index in [1.807, 2.05) is 11.8 Å². The van der Waals surface area contributed by atoms with E-state index in [2.05, 4.69) is 69.8 Å². The van der Waals surface area contributed by atoms with E-state index in [1.165, 1.54) is 46.3 Å². The van der Waals surface area contributed by atoms with Gasteiger partial charge in [-0.2, -0.15) is 0 Å². The molecule has 1 saturated carbocycles. The molecule has 3 heteroatoms. The second kappa shape index (κ2) is 7.37. The molecule has 1 N–H and O–H groups in total. The summed E-state index contributed by atoms with van der Waals surface area (Å²) < 4.78 is 1.17. The van der Waals surface area contributed by atoms with Crippen molar-refractivity contribution in [1.29, 1.82) is 0 Å². The summed E-state index contributed by atoms with van der Waals surface area (Å²) in [6.07, 6.45) is 5.51. The number of rotatable bonds is 5. The van der Waals surface area contributed by atoms with E-state index < -0.39 is 0 Å². The molecule has 0 saturated heterocycles. The van der Waals surface area contributed by atoms with Crippen molar-refractivity contribution in [3.05, 3.63) is 58.6 Å². The molecule has 110 valence electrons. The van der Waals surface area contributed by atoms with Gasteiger partial charge < -0.3 is 5.32 Å². The van der Waals surface area contributed by atoms with Gasteiger partial charge in [-0.15, -0.1) is 11.8 Å². The van der Waals surface area contributed by atoms with Crippen LogP contribution in [0.5, 0.6) is 0 Å². The fourth-order valence-corrected chi connectivity index (χ4v) is 4.51.